The number of halogens is 3. The SMILES string of the molecule is CCC1OC(c2ccncc2N)CC(O[Si](C)(C)C(C)(C)C)C1OS(=O)(=O)C(F)(F)F. The van der Waals surface area contributed by atoms with E-state index in [4.69, 9.17) is 19.1 Å². The van der Waals surface area contributed by atoms with Crippen molar-refractivity contribution in [3.05, 3.63) is 24.0 Å². The second-order valence-corrected chi connectivity index (χ2v) is 15.5. The van der Waals surface area contributed by atoms with E-state index in [1.54, 1.807) is 13.0 Å². The molecule has 31 heavy (non-hydrogen) atoms. The number of aromatic nitrogens is 1. The third-order valence-electron chi connectivity index (χ3n) is 5.93. The van der Waals surface area contributed by atoms with Crippen molar-refractivity contribution in [2.75, 3.05) is 5.73 Å². The predicted molar refractivity (Wildman–Crippen MR) is 113 cm³/mol. The molecule has 0 aliphatic carbocycles. The molecule has 0 bridgehead atoms. The average Bonchev–Trinajstić information content (AvgIpc) is 2.61. The van der Waals surface area contributed by atoms with Crippen molar-refractivity contribution in [2.45, 2.75) is 88.6 Å². The second-order valence-electron chi connectivity index (χ2n) is 9.19. The van der Waals surface area contributed by atoms with E-state index in [1.807, 2.05) is 33.9 Å². The normalized spacial score (nSPS) is 26.1. The van der Waals surface area contributed by atoms with Gasteiger partial charge in [-0.05, 0) is 30.6 Å². The molecular weight excluding hydrogens is 453 g/mol. The fraction of sp³-hybridized carbons (Fsp3) is 0.737. The number of nitrogen functional groups attached to an aromatic ring is 1. The van der Waals surface area contributed by atoms with Crippen LogP contribution in [0.25, 0.3) is 0 Å². The smallest absolute Gasteiger partial charge is 0.411 e. The number of hydrogen-bond acceptors (Lipinski definition) is 7. The largest absolute Gasteiger partial charge is 0.523 e. The van der Waals surface area contributed by atoms with Crippen LogP contribution in [-0.2, 0) is 23.5 Å². The summed E-state index contributed by atoms with van der Waals surface area (Å²) in [6.07, 6.45) is -0.614. The molecule has 1 aromatic heterocycles. The van der Waals surface area contributed by atoms with Gasteiger partial charge < -0.3 is 14.9 Å². The Labute approximate surface area is 182 Å². The summed E-state index contributed by atoms with van der Waals surface area (Å²) in [5, 5.41) is -0.258. The van der Waals surface area contributed by atoms with Crippen LogP contribution in [0.5, 0.6) is 0 Å². The molecule has 1 aliphatic rings. The molecule has 4 unspecified atom stereocenters. The van der Waals surface area contributed by atoms with Crippen LogP contribution in [0, 0.1) is 0 Å². The van der Waals surface area contributed by atoms with E-state index >= 15 is 0 Å². The van der Waals surface area contributed by atoms with Crippen LogP contribution >= 0.6 is 0 Å². The lowest BCUT2D eigenvalue weighted by Gasteiger charge is -2.46. The Balaban J connectivity index is 2.47. The fourth-order valence-corrected chi connectivity index (χ4v) is 5.15. The summed E-state index contributed by atoms with van der Waals surface area (Å²) in [5.41, 5.74) is 1.47. The minimum atomic E-state index is -5.83. The summed E-state index contributed by atoms with van der Waals surface area (Å²) < 4.78 is 79.9. The Bertz CT molecular complexity index is 874. The van der Waals surface area contributed by atoms with E-state index in [0.717, 1.165) is 0 Å². The van der Waals surface area contributed by atoms with Gasteiger partial charge in [-0.25, -0.2) is 0 Å². The molecule has 4 atom stereocenters. The fourth-order valence-electron chi connectivity index (χ4n) is 3.16. The van der Waals surface area contributed by atoms with Gasteiger partial charge in [0.15, 0.2) is 8.32 Å². The van der Waals surface area contributed by atoms with E-state index in [2.05, 4.69) is 4.98 Å². The molecule has 2 N–H and O–H groups in total. The molecule has 1 aliphatic heterocycles. The van der Waals surface area contributed by atoms with E-state index in [0.29, 0.717) is 11.3 Å². The number of alkyl halides is 3. The summed E-state index contributed by atoms with van der Waals surface area (Å²) >= 11 is 0. The second kappa shape index (κ2) is 8.97. The summed E-state index contributed by atoms with van der Waals surface area (Å²) in [5.74, 6) is 0. The maximum absolute atomic E-state index is 13.1. The molecule has 178 valence electrons. The van der Waals surface area contributed by atoms with Gasteiger partial charge in [0, 0.05) is 18.2 Å². The first kappa shape index (κ1) is 26.0. The van der Waals surface area contributed by atoms with Crippen LogP contribution in [0.15, 0.2) is 18.5 Å². The van der Waals surface area contributed by atoms with Gasteiger partial charge in [-0.1, -0.05) is 27.7 Å². The molecule has 1 fully saturated rings. The lowest BCUT2D eigenvalue weighted by molar-refractivity contribution is -0.161. The Hall–Kier alpha value is -1.21. The van der Waals surface area contributed by atoms with Gasteiger partial charge in [0.25, 0.3) is 0 Å². The van der Waals surface area contributed by atoms with Gasteiger partial charge in [0.05, 0.1) is 30.2 Å². The number of ether oxygens (including phenoxy) is 1. The molecule has 2 heterocycles. The molecule has 7 nitrogen and oxygen atoms in total. The average molecular weight is 485 g/mol. The van der Waals surface area contributed by atoms with Crippen molar-refractivity contribution < 1.29 is 34.9 Å². The highest BCUT2D eigenvalue weighted by molar-refractivity contribution is 7.87. The zero-order valence-corrected chi connectivity index (χ0v) is 20.4. The molecule has 12 heteroatoms. The Morgan fingerprint density at radius 1 is 1.29 bits per heavy atom. The van der Waals surface area contributed by atoms with Gasteiger partial charge in [-0.3, -0.25) is 9.17 Å². The third kappa shape index (κ3) is 5.78. The summed E-state index contributed by atoms with van der Waals surface area (Å²) in [6, 6.07) is 1.67. The first-order chi connectivity index (χ1) is 14.0. The van der Waals surface area contributed by atoms with Crippen molar-refractivity contribution in [2.24, 2.45) is 0 Å². The first-order valence-electron chi connectivity index (χ1n) is 10.0. The van der Waals surface area contributed by atoms with Crippen LogP contribution in [0.1, 0.15) is 52.2 Å². The van der Waals surface area contributed by atoms with Crippen molar-refractivity contribution in [3.63, 3.8) is 0 Å². The van der Waals surface area contributed by atoms with Crippen LogP contribution < -0.4 is 5.73 Å². The predicted octanol–water partition coefficient (Wildman–Crippen LogP) is 4.53. The molecule has 0 radical (unpaired) electrons. The number of anilines is 1. The first-order valence-corrected chi connectivity index (χ1v) is 14.3. The highest BCUT2D eigenvalue weighted by Gasteiger charge is 2.53. The Morgan fingerprint density at radius 3 is 2.39 bits per heavy atom. The van der Waals surface area contributed by atoms with Gasteiger partial charge in [0.1, 0.15) is 6.10 Å². The van der Waals surface area contributed by atoms with Crippen LogP contribution in [0.4, 0.5) is 18.9 Å². The molecule has 0 saturated carbocycles. The lowest BCUT2D eigenvalue weighted by Crippen LogP contribution is -2.55. The van der Waals surface area contributed by atoms with Crippen molar-refractivity contribution in [3.8, 4) is 0 Å². The monoisotopic (exact) mass is 484 g/mol. The molecule has 0 amide bonds. The van der Waals surface area contributed by atoms with Crippen molar-refractivity contribution >= 4 is 24.1 Å². The minimum absolute atomic E-state index is 0.0925. The maximum Gasteiger partial charge on any atom is 0.523 e. The number of hydrogen-bond donors (Lipinski definition) is 1. The van der Waals surface area contributed by atoms with Crippen LogP contribution in [0.2, 0.25) is 18.1 Å². The van der Waals surface area contributed by atoms with Gasteiger partial charge in [0.2, 0.25) is 0 Å². The molecule has 2 rings (SSSR count). The highest BCUT2D eigenvalue weighted by atomic mass is 32.2. The zero-order chi connectivity index (χ0) is 23.8. The molecular formula is C19H31F3N2O5SSi. The Morgan fingerprint density at radius 2 is 1.90 bits per heavy atom. The van der Waals surface area contributed by atoms with E-state index < -0.39 is 48.4 Å². The van der Waals surface area contributed by atoms with E-state index in [1.165, 1.54) is 12.4 Å². The standard InChI is InChI=1S/C19H31F3N2O5SSi/c1-7-14-17(28-30(25,26)19(20,21)22)16(29-31(5,6)18(2,3)4)10-15(27-14)12-8-9-24-11-13(12)23/h8-9,11,14-17H,7,10,23H2,1-6H3. The quantitative estimate of drug-likeness (QED) is 0.360. The highest BCUT2D eigenvalue weighted by Crippen LogP contribution is 2.44. The van der Waals surface area contributed by atoms with Crippen molar-refractivity contribution in [1.29, 1.82) is 0 Å². The topological polar surface area (TPSA) is 101 Å². The summed E-state index contributed by atoms with van der Waals surface area (Å²) in [6.45, 7) is 11.5. The van der Waals surface area contributed by atoms with Gasteiger partial charge in [-0.2, -0.15) is 21.6 Å². The van der Waals surface area contributed by atoms with Gasteiger partial charge in [-0.15, -0.1) is 0 Å². The molecule has 0 spiro atoms. The number of nitrogens with two attached hydrogens (primary N) is 1. The number of nitrogens with zero attached hydrogens (tertiary/aromatic N) is 1. The maximum atomic E-state index is 13.1. The Kier molecular flexibility index (Phi) is 7.53. The number of pyridine rings is 1. The molecule has 0 aromatic carbocycles. The van der Waals surface area contributed by atoms with Gasteiger partial charge >= 0.3 is 15.6 Å². The zero-order valence-electron chi connectivity index (χ0n) is 18.6. The van der Waals surface area contributed by atoms with Crippen molar-refractivity contribution in [1.82, 2.24) is 4.98 Å². The van der Waals surface area contributed by atoms with Crippen LogP contribution in [0.3, 0.4) is 0 Å². The summed E-state index contributed by atoms with van der Waals surface area (Å²) in [4.78, 5) is 3.95. The number of rotatable bonds is 6. The molecule has 1 saturated heterocycles. The molecule has 1 aromatic rings. The van der Waals surface area contributed by atoms with Crippen LogP contribution in [-0.4, -0.2) is 45.5 Å². The van der Waals surface area contributed by atoms with E-state index in [-0.39, 0.29) is 17.9 Å². The van der Waals surface area contributed by atoms with E-state index in [9.17, 15) is 21.6 Å². The summed E-state index contributed by atoms with van der Waals surface area (Å²) in [7, 11) is -8.33. The third-order valence-corrected chi connectivity index (χ3v) is 11.5. The minimum Gasteiger partial charge on any atom is -0.411 e. The lowest BCUT2D eigenvalue weighted by atomic mass is 9.92.